The number of hydrogen-bond donors (Lipinski definition) is 0. The number of furan rings is 1. The first-order chi connectivity index (χ1) is 10.7. The summed E-state index contributed by atoms with van der Waals surface area (Å²) < 4.78 is 10.7. The van der Waals surface area contributed by atoms with Crippen molar-refractivity contribution in [2.75, 3.05) is 26.8 Å². The Bertz CT molecular complexity index is 638. The van der Waals surface area contributed by atoms with Crippen molar-refractivity contribution in [3.63, 3.8) is 0 Å². The second kappa shape index (κ2) is 6.32. The number of likely N-dealkylation sites (tertiary alicyclic amines) is 1. The lowest BCUT2D eigenvalue weighted by molar-refractivity contribution is 0.0743. The van der Waals surface area contributed by atoms with Crippen molar-refractivity contribution in [1.82, 2.24) is 9.88 Å². The Morgan fingerprint density at radius 3 is 2.77 bits per heavy atom. The number of hydrogen-bond acceptors (Lipinski definition) is 4. The third-order valence-corrected chi connectivity index (χ3v) is 4.30. The van der Waals surface area contributed by atoms with Gasteiger partial charge in [-0.25, -0.2) is 0 Å². The van der Waals surface area contributed by atoms with Crippen LogP contribution in [0.3, 0.4) is 0 Å². The number of aromatic nitrogens is 1. The average Bonchev–Trinajstić information content (AvgIpc) is 3.14. The van der Waals surface area contributed by atoms with Crippen LogP contribution in [0.2, 0.25) is 0 Å². The van der Waals surface area contributed by atoms with Gasteiger partial charge in [-0.05, 0) is 30.7 Å². The predicted octanol–water partition coefficient (Wildman–Crippen LogP) is 2.49. The average molecular weight is 300 g/mol. The first kappa shape index (κ1) is 14.8. The van der Waals surface area contributed by atoms with Gasteiger partial charge in [-0.3, -0.25) is 9.78 Å². The van der Waals surface area contributed by atoms with Gasteiger partial charge < -0.3 is 14.1 Å². The molecule has 5 heteroatoms. The van der Waals surface area contributed by atoms with E-state index in [1.54, 1.807) is 25.8 Å². The van der Waals surface area contributed by atoms with Gasteiger partial charge in [-0.1, -0.05) is 0 Å². The molecule has 1 fully saturated rings. The fraction of sp³-hybridized carbons (Fsp3) is 0.412. The maximum absolute atomic E-state index is 12.6. The normalized spacial score (nSPS) is 21.3. The van der Waals surface area contributed by atoms with Crippen LogP contribution in [0.1, 0.15) is 27.6 Å². The molecule has 0 spiro atoms. The van der Waals surface area contributed by atoms with E-state index in [4.69, 9.17) is 9.15 Å². The molecular weight excluding hydrogens is 280 g/mol. The quantitative estimate of drug-likeness (QED) is 0.870. The summed E-state index contributed by atoms with van der Waals surface area (Å²) in [6.45, 7) is 3.88. The summed E-state index contributed by atoms with van der Waals surface area (Å²) in [5.41, 5.74) is 2.07. The lowest BCUT2D eigenvalue weighted by Gasteiger charge is -2.17. The van der Waals surface area contributed by atoms with E-state index in [1.807, 2.05) is 30.0 Å². The molecule has 1 saturated heterocycles. The van der Waals surface area contributed by atoms with E-state index in [1.165, 1.54) is 5.56 Å². The molecule has 116 valence electrons. The molecule has 3 rings (SSSR count). The van der Waals surface area contributed by atoms with Crippen molar-refractivity contribution in [2.45, 2.75) is 12.8 Å². The third-order valence-electron chi connectivity index (χ3n) is 4.30. The Balaban J connectivity index is 1.81. The molecule has 0 aromatic carbocycles. The van der Waals surface area contributed by atoms with Crippen LogP contribution >= 0.6 is 0 Å². The molecule has 3 heterocycles. The molecule has 1 amide bonds. The summed E-state index contributed by atoms with van der Waals surface area (Å²) in [5, 5.41) is 0. The number of ether oxygens (including phenoxy) is 1. The van der Waals surface area contributed by atoms with Gasteiger partial charge >= 0.3 is 0 Å². The van der Waals surface area contributed by atoms with Crippen LogP contribution in [0, 0.1) is 12.8 Å². The zero-order valence-corrected chi connectivity index (χ0v) is 12.9. The van der Waals surface area contributed by atoms with Gasteiger partial charge in [-0.15, -0.1) is 0 Å². The van der Waals surface area contributed by atoms with E-state index < -0.39 is 0 Å². The van der Waals surface area contributed by atoms with Crippen molar-refractivity contribution in [3.8, 4) is 0 Å². The molecule has 22 heavy (non-hydrogen) atoms. The number of carbonyl (C=O) groups excluding carboxylic acids is 1. The number of rotatable bonds is 4. The summed E-state index contributed by atoms with van der Waals surface area (Å²) in [4.78, 5) is 18.6. The molecule has 1 aliphatic rings. The van der Waals surface area contributed by atoms with Crippen molar-refractivity contribution < 1.29 is 13.9 Å². The molecule has 0 aliphatic carbocycles. The number of amides is 1. The third kappa shape index (κ3) is 2.76. The first-order valence-electron chi connectivity index (χ1n) is 7.43. The highest BCUT2D eigenvalue weighted by molar-refractivity contribution is 5.93. The Kier molecular flexibility index (Phi) is 4.24. The van der Waals surface area contributed by atoms with E-state index in [-0.39, 0.29) is 17.7 Å². The maximum Gasteiger partial charge on any atom is 0.289 e. The minimum atomic E-state index is -0.0415. The molecule has 0 N–H and O–H groups in total. The van der Waals surface area contributed by atoms with Crippen LogP contribution in [0.5, 0.6) is 0 Å². The molecule has 0 unspecified atom stereocenters. The van der Waals surface area contributed by atoms with Gasteiger partial charge in [0.15, 0.2) is 5.76 Å². The maximum atomic E-state index is 12.6. The monoisotopic (exact) mass is 300 g/mol. The van der Waals surface area contributed by atoms with Crippen molar-refractivity contribution in [3.05, 3.63) is 53.7 Å². The molecule has 2 aromatic heterocycles. The summed E-state index contributed by atoms with van der Waals surface area (Å²) in [5.74, 6) is 0.945. The second-order valence-electron chi connectivity index (χ2n) is 5.75. The summed E-state index contributed by atoms with van der Waals surface area (Å²) in [6, 6.07) is 5.84. The molecule has 0 bridgehead atoms. The fourth-order valence-electron chi connectivity index (χ4n) is 3.14. The second-order valence-corrected chi connectivity index (χ2v) is 5.75. The van der Waals surface area contributed by atoms with E-state index in [0.29, 0.717) is 25.5 Å². The van der Waals surface area contributed by atoms with Crippen molar-refractivity contribution in [2.24, 2.45) is 5.92 Å². The minimum Gasteiger partial charge on any atom is -0.459 e. The summed E-state index contributed by atoms with van der Waals surface area (Å²) in [6.07, 6.45) is 5.15. The van der Waals surface area contributed by atoms with E-state index in [0.717, 1.165) is 5.56 Å². The van der Waals surface area contributed by atoms with Crippen LogP contribution in [0.25, 0.3) is 0 Å². The summed E-state index contributed by atoms with van der Waals surface area (Å²) >= 11 is 0. The smallest absolute Gasteiger partial charge is 0.289 e. The largest absolute Gasteiger partial charge is 0.459 e. The Hall–Kier alpha value is -2.14. The molecule has 2 atom stereocenters. The van der Waals surface area contributed by atoms with Gasteiger partial charge in [0, 0.05) is 50.0 Å². The van der Waals surface area contributed by atoms with E-state index in [2.05, 4.69) is 4.98 Å². The zero-order chi connectivity index (χ0) is 15.5. The molecule has 2 aromatic rings. The highest BCUT2D eigenvalue weighted by Gasteiger charge is 2.37. The Labute approximate surface area is 129 Å². The van der Waals surface area contributed by atoms with Gasteiger partial charge in [0.1, 0.15) is 0 Å². The fourth-order valence-corrected chi connectivity index (χ4v) is 3.14. The van der Waals surface area contributed by atoms with Crippen molar-refractivity contribution in [1.29, 1.82) is 0 Å². The molecule has 5 nitrogen and oxygen atoms in total. The van der Waals surface area contributed by atoms with Crippen LogP contribution in [-0.4, -0.2) is 42.6 Å². The number of nitrogens with zero attached hydrogens (tertiary/aromatic N) is 2. The standard InChI is InChI=1S/C17H20N2O3/c1-12-5-8-22-16(12)17(20)19-9-14(11-21-2)15(10-19)13-3-6-18-7-4-13/h3-8,14-15H,9-11H2,1-2H3/t14-,15-/m0/s1. The number of methoxy groups -OCH3 is 1. The Morgan fingerprint density at radius 1 is 1.36 bits per heavy atom. The molecule has 0 saturated carbocycles. The number of carbonyl (C=O) groups is 1. The predicted molar refractivity (Wildman–Crippen MR) is 81.7 cm³/mol. The van der Waals surface area contributed by atoms with Crippen molar-refractivity contribution >= 4 is 5.91 Å². The lowest BCUT2D eigenvalue weighted by Crippen LogP contribution is -2.29. The van der Waals surface area contributed by atoms with Gasteiger partial charge in [0.05, 0.1) is 12.9 Å². The van der Waals surface area contributed by atoms with E-state index in [9.17, 15) is 4.79 Å². The lowest BCUT2D eigenvalue weighted by atomic mass is 9.90. The molecule has 0 radical (unpaired) electrons. The summed E-state index contributed by atoms with van der Waals surface area (Å²) in [7, 11) is 1.70. The SMILES string of the molecule is COC[C@@H]1CN(C(=O)c2occc2C)C[C@H]1c1ccncc1. The molecular formula is C17H20N2O3. The van der Waals surface area contributed by atoms with Gasteiger partial charge in [-0.2, -0.15) is 0 Å². The van der Waals surface area contributed by atoms with Gasteiger partial charge in [0.25, 0.3) is 5.91 Å². The number of pyridine rings is 1. The zero-order valence-electron chi connectivity index (χ0n) is 12.9. The number of aryl methyl sites for hydroxylation is 1. The van der Waals surface area contributed by atoms with Crippen LogP contribution in [0.15, 0.2) is 41.3 Å². The minimum absolute atomic E-state index is 0.0415. The van der Waals surface area contributed by atoms with Gasteiger partial charge in [0.2, 0.25) is 0 Å². The van der Waals surface area contributed by atoms with Crippen LogP contribution < -0.4 is 0 Å². The highest BCUT2D eigenvalue weighted by atomic mass is 16.5. The molecule has 1 aliphatic heterocycles. The first-order valence-corrected chi connectivity index (χ1v) is 7.43. The van der Waals surface area contributed by atoms with Crippen LogP contribution in [0.4, 0.5) is 0 Å². The highest BCUT2D eigenvalue weighted by Crippen LogP contribution is 2.33. The topological polar surface area (TPSA) is 55.6 Å². The Morgan fingerprint density at radius 2 is 2.14 bits per heavy atom. The van der Waals surface area contributed by atoms with Crippen LogP contribution in [-0.2, 0) is 4.74 Å². The van der Waals surface area contributed by atoms with E-state index >= 15 is 0 Å².